The number of urea groups is 1. The lowest BCUT2D eigenvalue weighted by molar-refractivity contribution is 0.236. The van der Waals surface area contributed by atoms with Gasteiger partial charge in [-0.3, -0.25) is 0 Å². The van der Waals surface area contributed by atoms with Crippen LogP contribution in [0.5, 0.6) is 0 Å². The van der Waals surface area contributed by atoms with Crippen LogP contribution in [0, 0.1) is 0 Å². The Kier molecular flexibility index (Phi) is 4.10. The maximum atomic E-state index is 12.0. The molecule has 4 nitrogen and oxygen atoms in total. The van der Waals surface area contributed by atoms with E-state index in [0.29, 0.717) is 6.54 Å². The molecule has 1 atom stereocenters. The van der Waals surface area contributed by atoms with E-state index in [-0.39, 0.29) is 12.1 Å². The highest BCUT2D eigenvalue weighted by Crippen LogP contribution is 2.23. The van der Waals surface area contributed by atoms with E-state index < -0.39 is 0 Å². The van der Waals surface area contributed by atoms with Crippen molar-refractivity contribution in [1.29, 1.82) is 0 Å². The molecule has 0 spiro atoms. The second-order valence-corrected chi connectivity index (χ2v) is 5.22. The first kappa shape index (κ1) is 14.2. The fourth-order valence-corrected chi connectivity index (χ4v) is 2.31. The Morgan fingerprint density at radius 2 is 1.82 bits per heavy atom. The van der Waals surface area contributed by atoms with E-state index in [0.717, 1.165) is 22.3 Å². The lowest BCUT2D eigenvalue weighted by Crippen LogP contribution is -2.36. The van der Waals surface area contributed by atoms with E-state index in [1.807, 2.05) is 67.6 Å². The van der Waals surface area contributed by atoms with Crippen LogP contribution in [-0.2, 0) is 6.54 Å². The van der Waals surface area contributed by atoms with E-state index in [1.54, 1.807) is 0 Å². The van der Waals surface area contributed by atoms with Crippen molar-refractivity contribution >= 4 is 17.0 Å². The predicted octanol–water partition coefficient (Wildman–Crippen LogP) is 3.99. The molecular formula is C18H18N2O2. The number of amides is 2. The first-order chi connectivity index (χ1) is 10.7. The van der Waals surface area contributed by atoms with Gasteiger partial charge in [0.05, 0.1) is 6.04 Å². The van der Waals surface area contributed by atoms with E-state index >= 15 is 0 Å². The van der Waals surface area contributed by atoms with Crippen LogP contribution in [0.4, 0.5) is 4.79 Å². The van der Waals surface area contributed by atoms with Gasteiger partial charge in [0.1, 0.15) is 11.3 Å². The maximum Gasteiger partial charge on any atom is 0.315 e. The second-order valence-electron chi connectivity index (χ2n) is 5.22. The summed E-state index contributed by atoms with van der Waals surface area (Å²) in [5.74, 6) is 0.746. The van der Waals surface area contributed by atoms with Gasteiger partial charge in [0, 0.05) is 11.9 Å². The summed E-state index contributed by atoms with van der Waals surface area (Å²) in [6.45, 7) is 2.40. The largest absolute Gasteiger partial charge is 0.459 e. The van der Waals surface area contributed by atoms with Gasteiger partial charge >= 0.3 is 6.03 Å². The molecule has 4 heteroatoms. The number of benzene rings is 2. The second kappa shape index (κ2) is 6.35. The zero-order valence-corrected chi connectivity index (χ0v) is 12.4. The SMILES string of the molecule is C[C@H](NC(=O)NCc1ccccc1)c1cc2ccccc2o1. The summed E-state index contributed by atoms with van der Waals surface area (Å²) < 4.78 is 5.75. The standard InChI is InChI=1S/C18H18N2O2/c1-13(17-11-15-9-5-6-10-16(15)22-17)20-18(21)19-12-14-7-3-2-4-8-14/h2-11,13H,12H2,1H3,(H2,19,20,21)/t13-/m0/s1. The summed E-state index contributed by atoms with van der Waals surface area (Å²) in [6.07, 6.45) is 0. The highest BCUT2D eigenvalue weighted by atomic mass is 16.3. The molecule has 0 aliphatic rings. The Hall–Kier alpha value is -2.75. The molecule has 2 aromatic carbocycles. The van der Waals surface area contributed by atoms with Crippen molar-refractivity contribution in [2.75, 3.05) is 0 Å². The summed E-state index contributed by atoms with van der Waals surface area (Å²) >= 11 is 0. The van der Waals surface area contributed by atoms with Crippen molar-refractivity contribution < 1.29 is 9.21 Å². The summed E-state index contributed by atoms with van der Waals surface area (Å²) in [5, 5.41) is 6.76. The van der Waals surface area contributed by atoms with E-state index in [1.165, 1.54) is 0 Å². The number of hydrogen-bond acceptors (Lipinski definition) is 2. The van der Waals surface area contributed by atoms with Gasteiger partial charge in [0.25, 0.3) is 0 Å². The number of fused-ring (bicyclic) bond motifs is 1. The minimum atomic E-state index is -0.211. The highest BCUT2D eigenvalue weighted by molar-refractivity contribution is 5.78. The van der Waals surface area contributed by atoms with Gasteiger partial charge in [0.2, 0.25) is 0 Å². The van der Waals surface area contributed by atoms with Gasteiger partial charge in [-0.1, -0.05) is 48.5 Å². The molecule has 3 aromatic rings. The summed E-state index contributed by atoms with van der Waals surface area (Å²) in [5.41, 5.74) is 1.89. The fourth-order valence-electron chi connectivity index (χ4n) is 2.31. The van der Waals surface area contributed by atoms with Crippen molar-refractivity contribution in [2.45, 2.75) is 19.5 Å². The molecule has 0 radical (unpaired) electrons. The summed E-state index contributed by atoms with van der Waals surface area (Å²) in [7, 11) is 0. The van der Waals surface area contributed by atoms with Crippen LogP contribution in [0.15, 0.2) is 65.1 Å². The highest BCUT2D eigenvalue weighted by Gasteiger charge is 2.13. The molecule has 0 bridgehead atoms. The molecule has 0 fully saturated rings. The average molecular weight is 294 g/mol. The van der Waals surface area contributed by atoms with Gasteiger partial charge < -0.3 is 15.1 Å². The number of hydrogen-bond donors (Lipinski definition) is 2. The average Bonchev–Trinajstić information content (AvgIpc) is 2.98. The Morgan fingerprint density at radius 1 is 1.09 bits per heavy atom. The molecule has 0 aliphatic carbocycles. The van der Waals surface area contributed by atoms with E-state index in [2.05, 4.69) is 10.6 Å². The minimum Gasteiger partial charge on any atom is -0.459 e. The third kappa shape index (κ3) is 3.28. The zero-order chi connectivity index (χ0) is 15.4. The number of carbonyl (C=O) groups is 1. The quantitative estimate of drug-likeness (QED) is 0.764. The Labute approximate surface area is 129 Å². The third-order valence-corrected chi connectivity index (χ3v) is 3.51. The molecule has 3 rings (SSSR count). The predicted molar refractivity (Wildman–Crippen MR) is 86.4 cm³/mol. The Balaban J connectivity index is 1.58. The normalized spacial score (nSPS) is 12.0. The van der Waals surface area contributed by atoms with Crippen LogP contribution < -0.4 is 10.6 Å². The molecule has 2 amide bonds. The van der Waals surface area contributed by atoms with Crippen molar-refractivity contribution in [3.8, 4) is 0 Å². The van der Waals surface area contributed by atoms with Crippen LogP contribution in [-0.4, -0.2) is 6.03 Å². The number of para-hydroxylation sites is 1. The van der Waals surface area contributed by atoms with Crippen LogP contribution >= 0.6 is 0 Å². The molecule has 112 valence electrons. The van der Waals surface area contributed by atoms with Gasteiger partial charge in [0.15, 0.2) is 0 Å². The van der Waals surface area contributed by atoms with Crippen molar-refractivity contribution in [3.63, 3.8) is 0 Å². The first-order valence-electron chi connectivity index (χ1n) is 7.29. The number of carbonyl (C=O) groups excluding carboxylic acids is 1. The molecular weight excluding hydrogens is 276 g/mol. The van der Waals surface area contributed by atoms with Crippen molar-refractivity contribution in [1.82, 2.24) is 10.6 Å². The van der Waals surface area contributed by atoms with Crippen LogP contribution in [0.25, 0.3) is 11.0 Å². The maximum absolute atomic E-state index is 12.0. The van der Waals surface area contributed by atoms with Gasteiger partial charge in [-0.2, -0.15) is 0 Å². The number of furan rings is 1. The minimum absolute atomic E-state index is 0.192. The summed E-state index contributed by atoms with van der Waals surface area (Å²) in [4.78, 5) is 12.0. The molecule has 0 saturated heterocycles. The molecule has 0 unspecified atom stereocenters. The fraction of sp³-hybridized carbons (Fsp3) is 0.167. The molecule has 2 N–H and O–H groups in total. The third-order valence-electron chi connectivity index (χ3n) is 3.51. The van der Waals surface area contributed by atoms with Gasteiger partial charge in [-0.25, -0.2) is 4.79 Å². The van der Waals surface area contributed by atoms with Gasteiger partial charge in [-0.05, 0) is 24.6 Å². The zero-order valence-electron chi connectivity index (χ0n) is 12.4. The molecule has 1 heterocycles. The van der Waals surface area contributed by atoms with Crippen LogP contribution in [0.1, 0.15) is 24.3 Å². The van der Waals surface area contributed by atoms with Crippen molar-refractivity contribution in [3.05, 3.63) is 72.0 Å². The number of rotatable bonds is 4. The smallest absolute Gasteiger partial charge is 0.315 e. The summed E-state index contributed by atoms with van der Waals surface area (Å²) in [6, 6.07) is 19.2. The van der Waals surface area contributed by atoms with Crippen LogP contribution in [0.2, 0.25) is 0 Å². The monoisotopic (exact) mass is 294 g/mol. The van der Waals surface area contributed by atoms with E-state index in [4.69, 9.17) is 4.42 Å². The Morgan fingerprint density at radius 3 is 2.59 bits per heavy atom. The topological polar surface area (TPSA) is 54.3 Å². The van der Waals surface area contributed by atoms with Crippen molar-refractivity contribution in [2.24, 2.45) is 0 Å². The van der Waals surface area contributed by atoms with Crippen LogP contribution in [0.3, 0.4) is 0 Å². The number of nitrogens with one attached hydrogen (secondary N) is 2. The first-order valence-corrected chi connectivity index (χ1v) is 7.29. The Bertz CT molecular complexity index is 732. The molecule has 1 aromatic heterocycles. The molecule has 22 heavy (non-hydrogen) atoms. The lowest BCUT2D eigenvalue weighted by atomic mass is 10.2. The molecule has 0 saturated carbocycles. The lowest BCUT2D eigenvalue weighted by Gasteiger charge is -2.12. The van der Waals surface area contributed by atoms with Gasteiger partial charge in [-0.15, -0.1) is 0 Å². The molecule has 0 aliphatic heterocycles. The van der Waals surface area contributed by atoms with E-state index in [9.17, 15) is 4.79 Å².